The van der Waals surface area contributed by atoms with Gasteiger partial charge < -0.3 is 0 Å². The normalized spacial score (nSPS) is 11.7. The van der Waals surface area contributed by atoms with Gasteiger partial charge in [0.2, 0.25) is 0 Å². The Morgan fingerprint density at radius 2 is 1.53 bits per heavy atom. The number of benzene rings is 1. The van der Waals surface area contributed by atoms with Gasteiger partial charge in [-0.3, -0.25) is 18.6 Å². The zero-order valence-electron chi connectivity index (χ0n) is 9.20. The summed E-state index contributed by atoms with van der Waals surface area (Å²) in [5, 5.41) is 1.16. The zero-order chi connectivity index (χ0) is 14.7. The lowest BCUT2D eigenvalue weighted by atomic mass is 10.2. The van der Waals surface area contributed by atoms with Crippen LogP contribution in [0.25, 0.3) is 10.8 Å². The van der Waals surface area contributed by atoms with Gasteiger partial charge in [-0.1, -0.05) is 12.1 Å². The molecule has 8 nitrogen and oxygen atoms in total. The SMILES string of the molecule is O=S(=O)(O)O.O=S(=O)(O)c1cccc2cnccc12. The molecule has 2 aromatic rings. The number of hydrogen-bond donors (Lipinski definition) is 3. The number of fused-ring (bicyclic) bond motifs is 1. The van der Waals surface area contributed by atoms with E-state index in [1.165, 1.54) is 12.3 Å². The Kier molecular flexibility index (Phi) is 4.55. The highest BCUT2D eigenvalue weighted by Crippen LogP contribution is 2.21. The highest BCUT2D eigenvalue weighted by Gasteiger charge is 2.12. The first-order chi connectivity index (χ1) is 8.59. The van der Waals surface area contributed by atoms with E-state index in [1.54, 1.807) is 24.4 Å². The van der Waals surface area contributed by atoms with Gasteiger partial charge in [0.25, 0.3) is 10.1 Å². The summed E-state index contributed by atoms with van der Waals surface area (Å²) >= 11 is 0. The van der Waals surface area contributed by atoms with E-state index in [-0.39, 0.29) is 4.90 Å². The maximum Gasteiger partial charge on any atom is 0.394 e. The van der Waals surface area contributed by atoms with Crippen molar-refractivity contribution in [3.05, 3.63) is 36.7 Å². The Morgan fingerprint density at radius 3 is 2.05 bits per heavy atom. The first-order valence-corrected chi connectivity index (χ1v) is 7.43. The van der Waals surface area contributed by atoms with Crippen molar-refractivity contribution < 1.29 is 30.5 Å². The van der Waals surface area contributed by atoms with Crippen LogP contribution in [0.4, 0.5) is 0 Å². The number of nitrogens with zero attached hydrogens (tertiary/aromatic N) is 1. The summed E-state index contributed by atoms with van der Waals surface area (Å²) in [5.41, 5.74) is 0. The molecular weight excluding hydrogens is 298 g/mol. The third-order valence-corrected chi connectivity index (χ3v) is 2.83. The first kappa shape index (κ1) is 15.5. The summed E-state index contributed by atoms with van der Waals surface area (Å²) in [6, 6.07) is 6.21. The maximum absolute atomic E-state index is 11.0. The van der Waals surface area contributed by atoms with E-state index in [1.807, 2.05) is 0 Å². The van der Waals surface area contributed by atoms with Crippen molar-refractivity contribution in [2.75, 3.05) is 0 Å². The molecule has 0 atom stereocenters. The Morgan fingerprint density at radius 1 is 0.947 bits per heavy atom. The van der Waals surface area contributed by atoms with Crippen LogP contribution >= 0.6 is 0 Å². The summed E-state index contributed by atoms with van der Waals surface area (Å²) in [6.07, 6.45) is 3.03. The van der Waals surface area contributed by atoms with Crippen LogP contribution in [0, 0.1) is 0 Å². The molecule has 3 N–H and O–H groups in total. The molecule has 0 aliphatic rings. The molecule has 0 saturated heterocycles. The lowest BCUT2D eigenvalue weighted by Gasteiger charge is -2.01. The molecule has 2 rings (SSSR count). The third-order valence-electron chi connectivity index (χ3n) is 1.92. The number of pyridine rings is 1. The minimum Gasteiger partial charge on any atom is -0.282 e. The largest absolute Gasteiger partial charge is 0.394 e. The van der Waals surface area contributed by atoms with E-state index >= 15 is 0 Å². The van der Waals surface area contributed by atoms with E-state index in [0.29, 0.717) is 10.8 Å². The minimum atomic E-state index is -4.67. The molecule has 0 saturated carbocycles. The molecule has 0 bridgehead atoms. The molecule has 104 valence electrons. The van der Waals surface area contributed by atoms with Crippen molar-refractivity contribution in [1.82, 2.24) is 4.98 Å². The molecule has 1 heterocycles. The van der Waals surface area contributed by atoms with Crippen molar-refractivity contribution in [2.45, 2.75) is 4.90 Å². The average Bonchev–Trinajstić information content (AvgIpc) is 2.25. The van der Waals surface area contributed by atoms with Gasteiger partial charge in [0, 0.05) is 23.2 Å². The van der Waals surface area contributed by atoms with Crippen molar-refractivity contribution in [3.8, 4) is 0 Å². The topological polar surface area (TPSA) is 142 Å². The van der Waals surface area contributed by atoms with Crippen molar-refractivity contribution in [1.29, 1.82) is 0 Å². The predicted molar refractivity (Wildman–Crippen MR) is 65.7 cm³/mol. The van der Waals surface area contributed by atoms with Crippen molar-refractivity contribution >= 4 is 31.3 Å². The van der Waals surface area contributed by atoms with Crippen LogP contribution in [-0.2, 0) is 20.5 Å². The van der Waals surface area contributed by atoms with E-state index < -0.39 is 20.5 Å². The smallest absolute Gasteiger partial charge is 0.282 e. The van der Waals surface area contributed by atoms with E-state index in [2.05, 4.69) is 4.98 Å². The molecule has 19 heavy (non-hydrogen) atoms. The van der Waals surface area contributed by atoms with Crippen LogP contribution in [0.1, 0.15) is 0 Å². The van der Waals surface area contributed by atoms with Crippen molar-refractivity contribution in [2.24, 2.45) is 0 Å². The lowest BCUT2D eigenvalue weighted by molar-refractivity contribution is 0.381. The first-order valence-electron chi connectivity index (χ1n) is 4.59. The molecule has 10 heteroatoms. The van der Waals surface area contributed by atoms with Gasteiger partial charge in [-0.15, -0.1) is 0 Å². The third kappa shape index (κ3) is 5.28. The molecule has 0 unspecified atom stereocenters. The molecule has 0 aliphatic carbocycles. The van der Waals surface area contributed by atoms with E-state index in [4.69, 9.17) is 22.1 Å². The minimum absolute atomic E-state index is 0.0857. The molecule has 1 aromatic heterocycles. The number of rotatable bonds is 1. The predicted octanol–water partition coefficient (Wildman–Crippen LogP) is 0.829. The average molecular weight is 307 g/mol. The second kappa shape index (κ2) is 5.59. The molecule has 0 amide bonds. The molecule has 0 fully saturated rings. The van der Waals surface area contributed by atoms with Crippen LogP contribution in [0.2, 0.25) is 0 Å². The monoisotopic (exact) mass is 307 g/mol. The lowest BCUT2D eigenvalue weighted by Crippen LogP contribution is -1.98. The molecule has 1 aromatic carbocycles. The summed E-state index contributed by atoms with van der Waals surface area (Å²) in [4.78, 5) is 3.77. The van der Waals surface area contributed by atoms with Crippen LogP contribution in [0.15, 0.2) is 41.6 Å². The van der Waals surface area contributed by atoms with Gasteiger partial charge >= 0.3 is 10.4 Å². The Labute approximate surface area is 109 Å². The molecule has 0 aliphatic heterocycles. The standard InChI is InChI=1S/C9H7NO3S.H2O4S/c11-14(12,13)9-3-1-2-7-6-10-5-4-8(7)9;1-5(2,3)4/h1-6H,(H,11,12,13);(H2,1,2,3,4). The quantitative estimate of drug-likeness (QED) is 0.657. The summed E-state index contributed by atoms with van der Waals surface area (Å²) in [5.74, 6) is 0. The van der Waals surface area contributed by atoms with Gasteiger partial charge in [0.05, 0.1) is 0 Å². The van der Waals surface area contributed by atoms with Gasteiger partial charge in [-0.2, -0.15) is 16.8 Å². The second-order valence-corrected chi connectivity index (χ2v) is 5.56. The summed E-state index contributed by atoms with van der Waals surface area (Å²) in [7, 11) is -8.82. The van der Waals surface area contributed by atoms with Gasteiger partial charge in [-0.05, 0) is 12.1 Å². The summed E-state index contributed by atoms with van der Waals surface area (Å²) in [6.45, 7) is 0. The highest BCUT2D eigenvalue weighted by molar-refractivity contribution is 7.86. The van der Waals surface area contributed by atoms with Gasteiger partial charge in [-0.25, -0.2) is 0 Å². The highest BCUT2D eigenvalue weighted by atomic mass is 32.3. The maximum atomic E-state index is 11.0. The molecular formula is C9H9NO7S2. The van der Waals surface area contributed by atoms with Crippen LogP contribution < -0.4 is 0 Å². The fourth-order valence-electron chi connectivity index (χ4n) is 1.32. The van der Waals surface area contributed by atoms with Gasteiger partial charge in [0.1, 0.15) is 4.90 Å². The zero-order valence-corrected chi connectivity index (χ0v) is 10.8. The van der Waals surface area contributed by atoms with Crippen LogP contribution in [0.5, 0.6) is 0 Å². The Hall–Kier alpha value is -1.59. The Balaban J connectivity index is 0.000000312. The second-order valence-electron chi connectivity index (χ2n) is 3.28. The summed E-state index contributed by atoms with van der Waals surface area (Å²) < 4.78 is 62.5. The van der Waals surface area contributed by atoms with Crippen LogP contribution in [-0.4, -0.2) is 35.5 Å². The Bertz CT molecular complexity index is 770. The van der Waals surface area contributed by atoms with E-state index in [9.17, 15) is 8.42 Å². The number of hydrogen-bond acceptors (Lipinski definition) is 5. The number of aromatic nitrogens is 1. The van der Waals surface area contributed by atoms with E-state index in [0.717, 1.165) is 0 Å². The van der Waals surface area contributed by atoms with Gasteiger partial charge in [0.15, 0.2) is 0 Å². The molecule has 0 radical (unpaired) electrons. The van der Waals surface area contributed by atoms with Crippen LogP contribution in [0.3, 0.4) is 0 Å². The van der Waals surface area contributed by atoms with Crippen molar-refractivity contribution in [3.63, 3.8) is 0 Å². The fraction of sp³-hybridized carbons (Fsp3) is 0. The fourth-order valence-corrected chi connectivity index (χ4v) is 2.03. The molecule has 0 spiro atoms.